The van der Waals surface area contributed by atoms with Crippen molar-refractivity contribution < 1.29 is 9.90 Å². The van der Waals surface area contributed by atoms with Gasteiger partial charge < -0.3 is 10.4 Å². The quantitative estimate of drug-likeness (QED) is 0.757. The van der Waals surface area contributed by atoms with Crippen molar-refractivity contribution in [1.82, 2.24) is 10.6 Å². The number of hydrogen-bond acceptors (Lipinski definition) is 3. The lowest BCUT2D eigenvalue weighted by Crippen LogP contribution is -2.49. The lowest BCUT2D eigenvalue weighted by Gasteiger charge is -2.32. The van der Waals surface area contributed by atoms with Crippen molar-refractivity contribution in [3.8, 4) is 5.75 Å². The molecule has 0 spiro atoms. The lowest BCUT2D eigenvalue weighted by molar-refractivity contribution is -0.124. The van der Waals surface area contributed by atoms with Crippen LogP contribution in [0.25, 0.3) is 0 Å². The minimum Gasteiger partial charge on any atom is -0.508 e. The molecule has 2 unspecified atom stereocenters. The fourth-order valence-corrected chi connectivity index (χ4v) is 3.13. The summed E-state index contributed by atoms with van der Waals surface area (Å²) in [7, 11) is 0. The number of fused-ring (bicyclic) bond motifs is 1. The molecule has 1 aliphatic carbocycles. The van der Waals surface area contributed by atoms with Crippen LogP contribution in [0, 0.1) is 0 Å². The van der Waals surface area contributed by atoms with Crippen LogP contribution >= 0.6 is 0 Å². The van der Waals surface area contributed by atoms with E-state index in [1.165, 1.54) is 5.56 Å². The third kappa shape index (κ3) is 2.59. The molecule has 0 saturated carbocycles. The summed E-state index contributed by atoms with van der Waals surface area (Å²) in [6.07, 6.45) is 5.15. The average Bonchev–Trinajstić information content (AvgIpc) is 2.42. The fourth-order valence-electron chi connectivity index (χ4n) is 3.13. The Labute approximate surface area is 113 Å². The van der Waals surface area contributed by atoms with Gasteiger partial charge in [0.05, 0.1) is 6.04 Å². The summed E-state index contributed by atoms with van der Waals surface area (Å²) in [5.74, 6) is 0.416. The molecule has 19 heavy (non-hydrogen) atoms. The fraction of sp³-hybridized carbons (Fsp3) is 0.533. The van der Waals surface area contributed by atoms with Gasteiger partial charge in [0.1, 0.15) is 5.75 Å². The highest BCUT2D eigenvalue weighted by atomic mass is 16.3. The molecule has 1 saturated heterocycles. The van der Waals surface area contributed by atoms with Gasteiger partial charge in [0.15, 0.2) is 0 Å². The molecule has 1 aliphatic heterocycles. The predicted molar refractivity (Wildman–Crippen MR) is 73.0 cm³/mol. The molecule has 0 bridgehead atoms. The van der Waals surface area contributed by atoms with Crippen LogP contribution in [-0.4, -0.2) is 23.6 Å². The predicted octanol–water partition coefficient (Wildman–Crippen LogP) is 1.64. The lowest BCUT2D eigenvalue weighted by atomic mass is 9.86. The topological polar surface area (TPSA) is 61.4 Å². The van der Waals surface area contributed by atoms with Gasteiger partial charge in [0.2, 0.25) is 5.91 Å². The van der Waals surface area contributed by atoms with Crippen molar-refractivity contribution in [2.45, 2.75) is 44.2 Å². The number of phenolic OH excluding ortho intramolecular Hbond substituents is 1. The van der Waals surface area contributed by atoms with E-state index in [0.29, 0.717) is 5.75 Å². The van der Waals surface area contributed by atoms with E-state index in [2.05, 4.69) is 10.6 Å². The highest BCUT2D eigenvalue weighted by Crippen LogP contribution is 2.32. The second-order valence-electron chi connectivity index (χ2n) is 5.48. The SMILES string of the molecule is O=C1NCCCC1NC1CCCc2ccc(O)cc21. The summed E-state index contributed by atoms with van der Waals surface area (Å²) >= 11 is 0. The summed E-state index contributed by atoms with van der Waals surface area (Å²) in [5, 5.41) is 16.0. The molecule has 1 aromatic carbocycles. The van der Waals surface area contributed by atoms with Gasteiger partial charge >= 0.3 is 0 Å². The number of piperidine rings is 1. The van der Waals surface area contributed by atoms with E-state index in [9.17, 15) is 9.90 Å². The Kier molecular flexibility index (Phi) is 3.42. The van der Waals surface area contributed by atoms with E-state index in [4.69, 9.17) is 0 Å². The molecule has 2 aliphatic rings. The first-order valence-corrected chi connectivity index (χ1v) is 7.09. The Bertz CT molecular complexity index is 487. The number of benzene rings is 1. The van der Waals surface area contributed by atoms with E-state index in [-0.39, 0.29) is 18.0 Å². The maximum Gasteiger partial charge on any atom is 0.237 e. The van der Waals surface area contributed by atoms with Crippen LogP contribution in [-0.2, 0) is 11.2 Å². The zero-order chi connectivity index (χ0) is 13.2. The Morgan fingerprint density at radius 3 is 2.89 bits per heavy atom. The van der Waals surface area contributed by atoms with Gasteiger partial charge in [0, 0.05) is 12.6 Å². The maximum absolute atomic E-state index is 11.8. The molecule has 0 aromatic heterocycles. The number of rotatable bonds is 2. The minimum atomic E-state index is -0.0907. The minimum absolute atomic E-state index is 0.0907. The summed E-state index contributed by atoms with van der Waals surface area (Å²) in [5.41, 5.74) is 2.45. The van der Waals surface area contributed by atoms with Crippen LogP contribution in [0.4, 0.5) is 0 Å². The molecule has 4 nitrogen and oxygen atoms in total. The normalized spacial score (nSPS) is 26.6. The van der Waals surface area contributed by atoms with Gasteiger partial charge in [0.25, 0.3) is 0 Å². The number of carbonyl (C=O) groups is 1. The molecule has 3 N–H and O–H groups in total. The summed E-state index contributed by atoms with van der Waals surface area (Å²) in [6, 6.07) is 5.68. The van der Waals surface area contributed by atoms with E-state index in [1.807, 2.05) is 12.1 Å². The van der Waals surface area contributed by atoms with E-state index in [0.717, 1.165) is 44.2 Å². The average molecular weight is 260 g/mol. The van der Waals surface area contributed by atoms with E-state index in [1.54, 1.807) is 6.07 Å². The first-order valence-electron chi connectivity index (χ1n) is 7.09. The molecule has 1 fully saturated rings. The van der Waals surface area contributed by atoms with E-state index >= 15 is 0 Å². The molecule has 0 radical (unpaired) electrons. The second kappa shape index (κ2) is 5.21. The molecule has 2 atom stereocenters. The number of aryl methyl sites for hydroxylation is 1. The van der Waals surface area contributed by atoms with Gasteiger partial charge in [-0.1, -0.05) is 6.07 Å². The zero-order valence-electron chi connectivity index (χ0n) is 11.0. The van der Waals surface area contributed by atoms with Crippen molar-refractivity contribution in [2.24, 2.45) is 0 Å². The molecular weight excluding hydrogens is 240 g/mol. The molecular formula is C15H20N2O2. The van der Waals surface area contributed by atoms with Crippen LogP contribution < -0.4 is 10.6 Å². The van der Waals surface area contributed by atoms with Crippen LogP contribution in [0.5, 0.6) is 5.75 Å². The van der Waals surface area contributed by atoms with Crippen LogP contribution in [0.15, 0.2) is 18.2 Å². The molecule has 1 amide bonds. The first-order chi connectivity index (χ1) is 9.24. The monoisotopic (exact) mass is 260 g/mol. The van der Waals surface area contributed by atoms with Crippen molar-refractivity contribution in [1.29, 1.82) is 0 Å². The number of hydrogen-bond donors (Lipinski definition) is 3. The summed E-state index contributed by atoms with van der Waals surface area (Å²) < 4.78 is 0. The Hall–Kier alpha value is -1.55. The second-order valence-corrected chi connectivity index (χ2v) is 5.48. The molecule has 3 rings (SSSR count). The number of phenols is 1. The number of carbonyl (C=O) groups excluding carboxylic acids is 1. The molecule has 1 heterocycles. The molecule has 102 valence electrons. The summed E-state index contributed by atoms with van der Waals surface area (Å²) in [4.78, 5) is 11.8. The van der Waals surface area contributed by atoms with Crippen molar-refractivity contribution in [2.75, 3.05) is 6.54 Å². The van der Waals surface area contributed by atoms with Gasteiger partial charge in [-0.15, -0.1) is 0 Å². The van der Waals surface area contributed by atoms with E-state index < -0.39 is 0 Å². The Morgan fingerprint density at radius 2 is 2.05 bits per heavy atom. The molecule has 1 aromatic rings. The smallest absolute Gasteiger partial charge is 0.237 e. The number of amides is 1. The van der Waals surface area contributed by atoms with Crippen LogP contribution in [0.2, 0.25) is 0 Å². The largest absolute Gasteiger partial charge is 0.508 e. The van der Waals surface area contributed by atoms with Gasteiger partial charge in [-0.2, -0.15) is 0 Å². The van der Waals surface area contributed by atoms with Gasteiger partial charge in [-0.25, -0.2) is 0 Å². The van der Waals surface area contributed by atoms with Crippen LogP contribution in [0.1, 0.15) is 42.9 Å². The Morgan fingerprint density at radius 1 is 1.21 bits per heavy atom. The standard InChI is InChI=1S/C15H20N2O2/c18-11-7-6-10-3-1-4-13(12(10)9-11)17-14-5-2-8-16-15(14)19/h6-7,9,13-14,17-18H,1-5,8H2,(H,16,19). The number of aromatic hydroxyl groups is 1. The van der Waals surface area contributed by atoms with Crippen molar-refractivity contribution >= 4 is 5.91 Å². The highest BCUT2D eigenvalue weighted by Gasteiger charge is 2.28. The third-order valence-corrected chi connectivity index (χ3v) is 4.13. The third-order valence-electron chi connectivity index (χ3n) is 4.13. The first kappa shape index (κ1) is 12.5. The Balaban J connectivity index is 1.79. The van der Waals surface area contributed by atoms with Crippen molar-refractivity contribution in [3.05, 3.63) is 29.3 Å². The maximum atomic E-state index is 11.8. The van der Waals surface area contributed by atoms with Crippen molar-refractivity contribution in [3.63, 3.8) is 0 Å². The summed E-state index contributed by atoms with van der Waals surface area (Å²) in [6.45, 7) is 0.791. The van der Waals surface area contributed by atoms with Crippen LogP contribution in [0.3, 0.4) is 0 Å². The zero-order valence-corrected chi connectivity index (χ0v) is 11.0. The van der Waals surface area contributed by atoms with Gasteiger partial charge in [-0.3, -0.25) is 10.1 Å². The molecule has 4 heteroatoms. The highest BCUT2D eigenvalue weighted by molar-refractivity contribution is 5.82. The van der Waals surface area contributed by atoms with Gasteiger partial charge in [-0.05, 0) is 55.4 Å². The number of nitrogens with one attached hydrogen (secondary N) is 2.